The van der Waals surface area contributed by atoms with Crippen LogP contribution in [0.2, 0.25) is 5.02 Å². The summed E-state index contributed by atoms with van der Waals surface area (Å²) >= 11 is 5.73. The number of ether oxygens (including phenoxy) is 1. The predicted molar refractivity (Wildman–Crippen MR) is 90.5 cm³/mol. The van der Waals surface area contributed by atoms with Gasteiger partial charge in [-0.3, -0.25) is 0 Å². The Hall–Kier alpha value is -0.780. The van der Waals surface area contributed by atoms with E-state index in [4.69, 9.17) is 16.3 Å². The van der Waals surface area contributed by atoms with Gasteiger partial charge in [0.05, 0.1) is 22.8 Å². The standard InChI is InChI=1S/C18H25ClF3NO/c1-11(2)24-17-8-6-13(10-16(17)23(3)4)12-5-7-15(19)14(9-12)18(20,21)22/h5,7,9,11,13,16-17H,6,8,10H2,1-4H3/t13-,16-,17-/m0/s1. The summed E-state index contributed by atoms with van der Waals surface area (Å²) in [7, 11) is 3.99. The molecule has 1 aliphatic rings. The summed E-state index contributed by atoms with van der Waals surface area (Å²) in [6.07, 6.45) is -1.72. The zero-order valence-electron chi connectivity index (χ0n) is 14.5. The molecule has 0 aromatic heterocycles. The molecule has 0 radical (unpaired) electrons. The molecule has 0 unspecified atom stereocenters. The average Bonchev–Trinajstić information content (AvgIpc) is 2.46. The lowest BCUT2D eigenvalue weighted by molar-refractivity contribution is -0.137. The van der Waals surface area contributed by atoms with Gasteiger partial charge >= 0.3 is 6.18 Å². The second kappa shape index (κ2) is 7.63. The van der Waals surface area contributed by atoms with Crippen molar-refractivity contribution >= 4 is 11.6 Å². The van der Waals surface area contributed by atoms with Crippen LogP contribution in [0, 0.1) is 0 Å². The quantitative estimate of drug-likeness (QED) is 0.715. The van der Waals surface area contributed by atoms with Gasteiger partial charge in [-0.15, -0.1) is 0 Å². The third-order valence-electron chi connectivity index (χ3n) is 4.63. The number of halogens is 4. The number of hydrogen-bond acceptors (Lipinski definition) is 2. The largest absolute Gasteiger partial charge is 0.417 e. The highest BCUT2D eigenvalue weighted by Gasteiger charge is 2.36. The van der Waals surface area contributed by atoms with Crippen molar-refractivity contribution in [2.45, 2.75) is 63.5 Å². The van der Waals surface area contributed by atoms with Gasteiger partial charge in [0.15, 0.2) is 0 Å². The molecule has 1 saturated carbocycles. The minimum atomic E-state index is -4.42. The monoisotopic (exact) mass is 363 g/mol. The SMILES string of the molecule is CC(C)O[C@H]1CC[C@H](c2ccc(Cl)c(C(F)(F)F)c2)C[C@@H]1N(C)C. The van der Waals surface area contributed by atoms with Crippen molar-refractivity contribution in [2.24, 2.45) is 0 Å². The van der Waals surface area contributed by atoms with E-state index < -0.39 is 11.7 Å². The highest BCUT2D eigenvalue weighted by molar-refractivity contribution is 6.31. The van der Waals surface area contributed by atoms with Gasteiger partial charge in [0.2, 0.25) is 0 Å². The van der Waals surface area contributed by atoms with Gasteiger partial charge in [0.1, 0.15) is 0 Å². The van der Waals surface area contributed by atoms with Crippen molar-refractivity contribution in [3.63, 3.8) is 0 Å². The number of nitrogens with zero attached hydrogens (tertiary/aromatic N) is 1. The van der Waals surface area contributed by atoms with E-state index in [1.54, 1.807) is 6.07 Å². The van der Waals surface area contributed by atoms with Crippen LogP contribution in [-0.4, -0.2) is 37.2 Å². The molecule has 1 aromatic carbocycles. The molecule has 0 spiro atoms. The maximum atomic E-state index is 13.1. The molecule has 6 heteroatoms. The summed E-state index contributed by atoms with van der Waals surface area (Å²) in [4.78, 5) is 2.11. The summed E-state index contributed by atoms with van der Waals surface area (Å²) in [5.74, 6) is 0.0859. The molecule has 24 heavy (non-hydrogen) atoms. The first-order valence-corrected chi connectivity index (χ1v) is 8.66. The van der Waals surface area contributed by atoms with Gasteiger partial charge in [0.25, 0.3) is 0 Å². The topological polar surface area (TPSA) is 12.5 Å². The van der Waals surface area contributed by atoms with Gasteiger partial charge in [-0.25, -0.2) is 0 Å². The zero-order chi connectivity index (χ0) is 18.1. The molecule has 136 valence electrons. The van der Waals surface area contributed by atoms with Gasteiger partial charge in [-0.2, -0.15) is 13.2 Å². The van der Waals surface area contributed by atoms with E-state index in [1.807, 2.05) is 27.9 Å². The molecular formula is C18H25ClF3NO. The Kier molecular flexibility index (Phi) is 6.21. The second-order valence-electron chi connectivity index (χ2n) is 7.00. The molecule has 1 aromatic rings. The zero-order valence-corrected chi connectivity index (χ0v) is 15.3. The summed E-state index contributed by atoms with van der Waals surface area (Å²) in [6.45, 7) is 4.02. The van der Waals surface area contributed by atoms with E-state index in [0.717, 1.165) is 19.3 Å². The lowest BCUT2D eigenvalue weighted by Gasteiger charge is -2.40. The van der Waals surface area contributed by atoms with E-state index in [1.165, 1.54) is 12.1 Å². The average molecular weight is 364 g/mol. The summed E-state index contributed by atoms with van der Waals surface area (Å²) < 4.78 is 45.3. The fourth-order valence-corrected chi connectivity index (χ4v) is 3.71. The maximum Gasteiger partial charge on any atom is 0.417 e. The highest BCUT2D eigenvalue weighted by atomic mass is 35.5. The normalized spacial score (nSPS) is 25.5. The fraction of sp³-hybridized carbons (Fsp3) is 0.667. The predicted octanol–water partition coefficient (Wildman–Crippen LogP) is 5.35. The number of alkyl halides is 3. The van der Waals surface area contributed by atoms with Crippen molar-refractivity contribution in [2.75, 3.05) is 14.1 Å². The van der Waals surface area contributed by atoms with Gasteiger partial charge < -0.3 is 9.64 Å². The van der Waals surface area contributed by atoms with Crippen LogP contribution in [0.25, 0.3) is 0 Å². The molecule has 0 saturated heterocycles. The molecule has 0 bridgehead atoms. The molecule has 3 atom stereocenters. The third-order valence-corrected chi connectivity index (χ3v) is 4.96. The maximum absolute atomic E-state index is 13.1. The van der Waals surface area contributed by atoms with E-state index in [-0.39, 0.29) is 29.2 Å². The first-order valence-electron chi connectivity index (χ1n) is 8.28. The van der Waals surface area contributed by atoms with Gasteiger partial charge in [0, 0.05) is 6.04 Å². The van der Waals surface area contributed by atoms with Crippen LogP contribution in [0.4, 0.5) is 13.2 Å². The lowest BCUT2D eigenvalue weighted by Crippen LogP contribution is -2.45. The Morgan fingerprint density at radius 1 is 1.21 bits per heavy atom. The first-order chi connectivity index (χ1) is 11.1. The van der Waals surface area contributed by atoms with E-state index in [0.29, 0.717) is 5.56 Å². The van der Waals surface area contributed by atoms with Crippen molar-refractivity contribution < 1.29 is 17.9 Å². The van der Waals surface area contributed by atoms with E-state index in [2.05, 4.69) is 4.90 Å². The third kappa shape index (κ3) is 4.64. The number of benzene rings is 1. The molecule has 1 fully saturated rings. The van der Waals surface area contributed by atoms with Crippen LogP contribution in [-0.2, 0) is 10.9 Å². The van der Waals surface area contributed by atoms with Crippen LogP contribution < -0.4 is 0 Å². The summed E-state index contributed by atoms with van der Waals surface area (Å²) in [5.41, 5.74) is -0.0369. The molecular weight excluding hydrogens is 339 g/mol. The van der Waals surface area contributed by atoms with Crippen LogP contribution in [0.5, 0.6) is 0 Å². The fourth-order valence-electron chi connectivity index (χ4n) is 3.49. The van der Waals surface area contributed by atoms with E-state index in [9.17, 15) is 13.2 Å². The Bertz CT molecular complexity index is 560. The molecule has 0 amide bonds. The minimum absolute atomic E-state index is 0.0859. The van der Waals surface area contributed by atoms with Gasteiger partial charge in [-0.05, 0) is 70.8 Å². The minimum Gasteiger partial charge on any atom is -0.374 e. The molecule has 0 heterocycles. The summed E-state index contributed by atoms with van der Waals surface area (Å²) in [6, 6.07) is 4.49. The van der Waals surface area contributed by atoms with Crippen LogP contribution >= 0.6 is 11.6 Å². The smallest absolute Gasteiger partial charge is 0.374 e. The van der Waals surface area contributed by atoms with E-state index >= 15 is 0 Å². The molecule has 0 aliphatic heterocycles. The molecule has 1 aliphatic carbocycles. The molecule has 2 rings (SSSR count). The lowest BCUT2D eigenvalue weighted by atomic mass is 9.79. The van der Waals surface area contributed by atoms with Crippen molar-refractivity contribution in [1.29, 1.82) is 0 Å². The van der Waals surface area contributed by atoms with Crippen molar-refractivity contribution in [1.82, 2.24) is 4.90 Å². The number of hydrogen-bond donors (Lipinski definition) is 0. The Morgan fingerprint density at radius 2 is 1.88 bits per heavy atom. The van der Waals surface area contributed by atoms with Gasteiger partial charge in [-0.1, -0.05) is 17.7 Å². The second-order valence-corrected chi connectivity index (χ2v) is 7.41. The van der Waals surface area contributed by atoms with Crippen molar-refractivity contribution in [3.05, 3.63) is 34.3 Å². The van der Waals surface area contributed by atoms with Crippen LogP contribution in [0.1, 0.15) is 50.2 Å². The Morgan fingerprint density at radius 3 is 2.42 bits per heavy atom. The highest BCUT2D eigenvalue weighted by Crippen LogP contribution is 2.40. The molecule has 0 N–H and O–H groups in total. The Balaban J connectivity index is 2.22. The molecule has 2 nitrogen and oxygen atoms in total. The number of likely N-dealkylation sites (N-methyl/N-ethyl adjacent to an activating group) is 1. The van der Waals surface area contributed by atoms with Crippen LogP contribution in [0.15, 0.2) is 18.2 Å². The van der Waals surface area contributed by atoms with Crippen molar-refractivity contribution in [3.8, 4) is 0 Å². The Labute approximate surface area is 146 Å². The summed E-state index contributed by atoms with van der Waals surface area (Å²) in [5, 5.41) is -0.243. The first kappa shape index (κ1) is 19.5. The van der Waals surface area contributed by atoms with Crippen LogP contribution in [0.3, 0.4) is 0 Å². The number of rotatable bonds is 4.